The van der Waals surface area contributed by atoms with E-state index in [-0.39, 0.29) is 6.54 Å². The SMILES string of the molecule is CC(OC(=O)CNC(=O)NCc1ccccc1)C(=O)Nc1ccccc1C#N. The first kappa shape index (κ1) is 20.5. The number of carbonyl (C=O) groups is 3. The van der Waals surface area contributed by atoms with Crippen LogP contribution in [0.1, 0.15) is 18.1 Å². The molecule has 0 bridgehead atoms. The van der Waals surface area contributed by atoms with Gasteiger partial charge in [0.15, 0.2) is 6.10 Å². The lowest BCUT2D eigenvalue weighted by molar-refractivity contribution is -0.152. The van der Waals surface area contributed by atoms with E-state index in [9.17, 15) is 14.4 Å². The van der Waals surface area contributed by atoms with Crippen molar-refractivity contribution in [2.24, 2.45) is 0 Å². The van der Waals surface area contributed by atoms with Crippen LogP contribution in [0.4, 0.5) is 10.5 Å². The number of nitriles is 1. The second-order valence-corrected chi connectivity index (χ2v) is 5.80. The highest BCUT2D eigenvalue weighted by Gasteiger charge is 2.19. The molecule has 28 heavy (non-hydrogen) atoms. The van der Waals surface area contributed by atoms with E-state index in [1.54, 1.807) is 24.3 Å². The Morgan fingerprint density at radius 2 is 1.71 bits per heavy atom. The van der Waals surface area contributed by atoms with Gasteiger partial charge >= 0.3 is 12.0 Å². The molecule has 3 amide bonds. The molecular weight excluding hydrogens is 360 g/mol. The molecule has 2 aromatic carbocycles. The molecule has 2 rings (SSSR count). The minimum absolute atomic E-state index is 0.297. The summed E-state index contributed by atoms with van der Waals surface area (Å²) in [5, 5.41) is 16.5. The molecule has 8 nitrogen and oxygen atoms in total. The first-order valence-electron chi connectivity index (χ1n) is 8.54. The molecule has 3 N–H and O–H groups in total. The molecule has 0 fully saturated rings. The summed E-state index contributed by atoms with van der Waals surface area (Å²) >= 11 is 0. The fourth-order valence-corrected chi connectivity index (χ4v) is 2.21. The van der Waals surface area contributed by atoms with E-state index in [2.05, 4.69) is 16.0 Å². The average molecular weight is 380 g/mol. The molecule has 0 aliphatic rings. The maximum Gasteiger partial charge on any atom is 0.326 e. The number of amides is 3. The smallest absolute Gasteiger partial charge is 0.326 e. The molecule has 0 aromatic heterocycles. The number of rotatable bonds is 7. The summed E-state index contributed by atoms with van der Waals surface area (Å²) in [6.07, 6.45) is -1.09. The summed E-state index contributed by atoms with van der Waals surface area (Å²) in [6, 6.07) is 17.2. The van der Waals surface area contributed by atoms with Crippen molar-refractivity contribution in [3.8, 4) is 6.07 Å². The van der Waals surface area contributed by atoms with Crippen molar-refractivity contribution in [1.82, 2.24) is 10.6 Å². The van der Waals surface area contributed by atoms with Crippen molar-refractivity contribution in [3.05, 3.63) is 65.7 Å². The van der Waals surface area contributed by atoms with Gasteiger partial charge in [0.25, 0.3) is 5.91 Å². The van der Waals surface area contributed by atoms with Crippen LogP contribution in [-0.2, 0) is 20.9 Å². The lowest BCUT2D eigenvalue weighted by Crippen LogP contribution is -2.40. The van der Waals surface area contributed by atoms with Crippen LogP contribution in [0.15, 0.2) is 54.6 Å². The molecule has 2 aromatic rings. The third-order valence-corrected chi connectivity index (χ3v) is 3.67. The minimum atomic E-state index is -1.09. The Hall–Kier alpha value is -3.86. The topological polar surface area (TPSA) is 120 Å². The van der Waals surface area contributed by atoms with Crippen LogP contribution in [0.2, 0.25) is 0 Å². The molecule has 0 aliphatic carbocycles. The van der Waals surface area contributed by atoms with E-state index in [0.29, 0.717) is 17.8 Å². The molecule has 1 atom stereocenters. The van der Waals surface area contributed by atoms with Crippen LogP contribution >= 0.6 is 0 Å². The Morgan fingerprint density at radius 3 is 2.43 bits per heavy atom. The minimum Gasteiger partial charge on any atom is -0.451 e. The second-order valence-electron chi connectivity index (χ2n) is 5.80. The first-order valence-corrected chi connectivity index (χ1v) is 8.54. The standard InChI is InChI=1S/C20H20N4O4/c1-14(19(26)24-17-10-6-5-9-16(17)11-21)28-18(25)13-23-20(27)22-12-15-7-3-2-4-8-15/h2-10,14H,12-13H2,1H3,(H,24,26)(H2,22,23,27). The number of hydrogen-bond acceptors (Lipinski definition) is 5. The third-order valence-electron chi connectivity index (χ3n) is 3.67. The van der Waals surface area contributed by atoms with Gasteiger partial charge in [-0.25, -0.2) is 4.79 Å². The van der Waals surface area contributed by atoms with Crippen molar-refractivity contribution in [1.29, 1.82) is 5.26 Å². The lowest BCUT2D eigenvalue weighted by Gasteiger charge is -2.14. The summed E-state index contributed by atoms with van der Waals surface area (Å²) < 4.78 is 4.99. The quantitative estimate of drug-likeness (QED) is 0.634. The van der Waals surface area contributed by atoms with E-state index in [0.717, 1.165) is 5.56 Å². The number of urea groups is 1. The number of esters is 1. The van der Waals surface area contributed by atoms with Crippen molar-refractivity contribution >= 4 is 23.6 Å². The predicted octanol–water partition coefficient (Wildman–Crippen LogP) is 1.93. The van der Waals surface area contributed by atoms with Crippen LogP contribution in [0.3, 0.4) is 0 Å². The van der Waals surface area contributed by atoms with Gasteiger partial charge in [-0.2, -0.15) is 5.26 Å². The number of nitrogens with one attached hydrogen (secondary N) is 3. The Labute approximate surface area is 162 Å². The number of carbonyl (C=O) groups excluding carboxylic acids is 3. The van der Waals surface area contributed by atoms with E-state index in [1.807, 2.05) is 36.4 Å². The van der Waals surface area contributed by atoms with Gasteiger partial charge in [0.1, 0.15) is 12.6 Å². The number of anilines is 1. The molecule has 144 valence electrons. The van der Waals surface area contributed by atoms with Gasteiger partial charge in [-0.15, -0.1) is 0 Å². The molecular formula is C20H20N4O4. The van der Waals surface area contributed by atoms with E-state index in [1.165, 1.54) is 6.92 Å². The lowest BCUT2D eigenvalue weighted by atomic mass is 10.2. The summed E-state index contributed by atoms with van der Waals surface area (Å²) in [6.45, 7) is 1.34. The Morgan fingerprint density at radius 1 is 1.04 bits per heavy atom. The van der Waals surface area contributed by atoms with Crippen LogP contribution in [0, 0.1) is 11.3 Å². The number of nitrogens with zero attached hydrogens (tertiary/aromatic N) is 1. The summed E-state index contributed by atoms with van der Waals surface area (Å²) in [5.74, 6) is -1.34. The molecule has 0 saturated heterocycles. The molecule has 0 saturated carbocycles. The normalized spacial score (nSPS) is 10.9. The highest BCUT2D eigenvalue weighted by molar-refractivity contribution is 5.96. The maximum absolute atomic E-state index is 12.1. The van der Waals surface area contributed by atoms with Crippen LogP contribution in [-0.4, -0.2) is 30.6 Å². The monoisotopic (exact) mass is 380 g/mol. The zero-order chi connectivity index (χ0) is 20.4. The van der Waals surface area contributed by atoms with Crippen LogP contribution in [0.25, 0.3) is 0 Å². The fourth-order valence-electron chi connectivity index (χ4n) is 2.21. The second kappa shape index (κ2) is 10.3. The highest BCUT2D eigenvalue weighted by atomic mass is 16.5. The fraction of sp³-hybridized carbons (Fsp3) is 0.200. The van der Waals surface area contributed by atoms with Crippen molar-refractivity contribution < 1.29 is 19.1 Å². The van der Waals surface area contributed by atoms with E-state index >= 15 is 0 Å². The van der Waals surface area contributed by atoms with Gasteiger partial charge in [0.2, 0.25) is 0 Å². The Balaban J connectivity index is 1.73. The largest absolute Gasteiger partial charge is 0.451 e. The number of benzene rings is 2. The van der Waals surface area contributed by atoms with Gasteiger partial charge in [-0.1, -0.05) is 42.5 Å². The van der Waals surface area contributed by atoms with Crippen molar-refractivity contribution in [3.63, 3.8) is 0 Å². The first-order chi connectivity index (χ1) is 13.5. The van der Waals surface area contributed by atoms with E-state index in [4.69, 9.17) is 10.00 Å². The van der Waals surface area contributed by atoms with Crippen molar-refractivity contribution in [2.45, 2.75) is 19.6 Å². The zero-order valence-electron chi connectivity index (χ0n) is 15.3. The van der Waals surface area contributed by atoms with E-state index < -0.39 is 24.0 Å². The zero-order valence-corrected chi connectivity index (χ0v) is 15.3. The number of hydrogen-bond donors (Lipinski definition) is 3. The van der Waals surface area contributed by atoms with Gasteiger partial charge in [-0.3, -0.25) is 9.59 Å². The third kappa shape index (κ3) is 6.46. The summed E-state index contributed by atoms with van der Waals surface area (Å²) in [5.41, 5.74) is 1.55. The molecule has 8 heteroatoms. The van der Waals surface area contributed by atoms with Crippen molar-refractivity contribution in [2.75, 3.05) is 11.9 Å². The molecule has 1 unspecified atom stereocenters. The van der Waals surface area contributed by atoms with Gasteiger partial charge in [0.05, 0.1) is 11.3 Å². The van der Waals surface area contributed by atoms with Crippen LogP contribution in [0.5, 0.6) is 0 Å². The average Bonchev–Trinajstić information content (AvgIpc) is 2.71. The van der Waals surface area contributed by atoms with Gasteiger partial charge < -0.3 is 20.7 Å². The molecule has 0 spiro atoms. The highest BCUT2D eigenvalue weighted by Crippen LogP contribution is 2.14. The molecule has 0 aliphatic heterocycles. The van der Waals surface area contributed by atoms with Gasteiger partial charge in [0, 0.05) is 6.54 Å². The maximum atomic E-state index is 12.1. The Bertz CT molecular complexity index is 877. The number of para-hydroxylation sites is 1. The van der Waals surface area contributed by atoms with Gasteiger partial charge in [-0.05, 0) is 24.6 Å². The summed E-state index contributed by atoms with van der Waals surface area (Å²) in [7, 11) is 0. The molecule has 0 radical (unpaired) electrons. The molecule has 0 heterocycles. The summed E-state index contributed by atoms with van der Waals surface area (Å²) in [4.78, 5) is 35.6. The number of ether oxygens (including phenoxy) is 1. The Kier molecular flexibility index (Phi) is 7.54. The predicted molar refractivity (Wildman–Crippen MR) is 102 cm³/mol. The van der Waals surface area contributed by atoms with Crippen LogP contribution < -0.4 is 16.0 Å².